The van der Waals surface area contributed by atoms with Crippen LogP contribution >= 0.6 is 0 Å². The number of aryl methyl sites for hydroxylation is 3. The molecule has 1 aromatic carbocycles. The zero-order valence-corrected chi connectivity index (χ0v) is 15.9. The van der Waals surface area contributed by atoms with Crippen LogP contribution in [0.3, 0.4) is 0 Å². The fourth-order valence-electron chi connectivity index (χ4n) is 2.24. The molecule has 0 saturated heterocycles. The minimum absolute atomic E-state index is 0.259. The lowest BCUT2D eigenvalue weighted by Gasteiger charge is -2.11. The van der Waals surface area contributed by atoms with Crippen molar-refractivity contribution in [2.75, 3.05) is 30.3 Å². The van der Waals surface area contributed by atoms with Crippen molar-refractivity contribution in [2.45, 2.75) is 32.6 Å². The van der Waals surface area contributed by atoms with E-state index in [4.69, 9.17) is 0 Å². The number of hydrogen-bond acceptors (Lipinski definition) is 6. The van der Waals surface area contributed by atoms with Gasteiger partial charge in [0, 0.05) is 31.4 Å². The van der Waals surface area contributed by atoms with E-state index in [1.807, 2.05) is 39.8 Å². The molecule has 25 heavy (non-hydrogen) atoms. The topological polar surface area (TPSA) is 96.0 Å². The average Bonchev–Trinajstić information content (AvgIpc) is 2.54. The van der Waals surface area contributed by atoms with Gasteiger partial charge in [-0.15, -0.1) is 0 Å². The minimum atomic E-state index is -3.51. The lowest BCUT2D eigenvalue weighted by Crippen LogP contribution is -2.29. The summed E-state index contributed by atoms with van der Waals surface area (Å²) in [6.45, 7) is 9.12. The first kappa shape index (κ1) is 19.1. The number of benzene rings is 1. The Bertz CT molecular complexity index is 837. The normalized spacial score (nSPS) is 11.4. The zero-order valence-electron chi connectivity index (χ0n) is 15.0. The van der Waals surface area contributed by atoms with Crippen molar-refractivity contribution in [3.8, 4) is 0 Å². The fraction of sp³-hybridized carbons (Fsp3) is 0.412. The highest BCUT2D eigenvalue weighted by Gasteiger charge is 2.13. The van der Waals surface area contributed by atoms with Crippen molar-refractivity contribution >= 4 is 21.8 Å². The van der Waals surface area contributed by atoms with Gasteiger partial charge in [-0.3, -0.25) is 0 Å². The Balaban J connectivity index is 1.93. The predicted molar refractivity (Wildman–Crippen MR) is 101 cm³/mol. The summed E-state index contributed by atoms with van der Waals surface area (Å²) in [4.78, 5) is 8.88. The Morgan fingerprint density at radius 2 is 1.72 bits per heavy atom. The highest BCUT2D eigenvalue weighted by Crippen LogP contribution is 2.14. The van der Waals surface area contributed by atoms with Crippen LogP contribution in [0.2, 0.25) is 0 Å². The summed E-state index contributed by atoms with van der Waals surface area (Å²) in [5.41, 5.74) is 2.86. The van der Waals surface area contributed by atoms with Crippen LogP contribution < -0.4 is 15.4 Å². The lowest BCUT2D eigenvalue weighted by molar-refractivity contribution is 0.582. The Morgan fingerprint density at radius 3 is 2.40 bits per heavy atom. The summed E-state index contributed by atoms with van der Waals surface area (Å²) in [7, 11) is -3.51. The molecule has 0 aliphatic rings. The van der Waals surface area contributed by atoms with E-state index in [-0.39, 0.29) is 11.4 Å². The van der Waals surface area contributed by atoms with Crippen LogP contribution in [-0.4, -0.2) is 38.0 Å². The molecule has 0 fully saturated rings. The first-order valence-electron chi connectivity index (χ1n) is 8.22. The van der Waals surface area contributed by atoms with Crippen molar-refractivity contribution in [3.05, 3.63) is 41.1 Å². The van der Waals surface area contributed by atoms with Crippen molar-refractivity contribution in [3.63, 3.8) is 0 Å². The largest absolute Gasteiger partial charge is 0.369 e. The molecular formula is C17H25N5O2S. The van der Waals surface area contributed by atoms with E-state index in [1.165, 1.54) is 0 Å². The molecule has 0 aliphatic carbocycles. The van der Waals surface area contributed by atoms with Gasteiger partial charge in [-0.05, 0) is 51.0 Å². The SMILES string of the molecule is CCNc1nc(C)cc(NCCNS(=O)(=O)c2ccc(C)c(C)c2)n1. The molecule has 0 radical (unpaired) electrons. The number of rotatable bonds is 8. The lowest BCUT2D eigenvalue weighted by atomic mass is 10.1. The maximum Gasteiger partial charge on any atom is 0.240 e. The summed E-state index contributed by atoms with van der Waals surface area (Å²) >= 11 is 0. The molecule has 0 aliphatic heterocycles. The summed E-state index contributed by atoms with van der Waals surface area (Å²) in [6.07, 6.45) is 0. The van der Waals surface area contributed by atoms with Gasteiger partial charge in [0.1, 0.15) is 5.82 Å². The molecule has 0 bridgehead atoms. The number of hydrogen-bond donors (Lipinski definition) is 3. The smallest absolute Gasteiger partial charge is 0.240 e. The first-order valence-corrected chi connectivity index (χ1v) is 9.70. The molecule has 1 heterocycles. The second-order valence-electron chi connectivity index (χ2n) is 5.82. The summed E-state index contributed by atoms with van der Waals surface area (Å²) < 4.78 is 27.2. The molecule has 0 atom stereocenters. The van der Waals surface area contributed by atoms with E-state index in [9.17, 15) is 8.42 Å². The van der Waals surface area contributed by atoms with Gasteiger partial charge in [-0.1, -0.05) is 6.07 Å². The predicted octanol–water partition coefficient (Wildman–Crippen LogP) is 2.22. The van der Waals surface area contributed by atoms with Crippen LogP contribution in [-0.2, 0) is 10.0 Å². The second-order valence-corrected chi connectivity index (χ2v) is 7.59. The summed E-state index contributed by atoms with van der Waals surface area (Å²) in [5.74, 6) is 1.22. The number of sulfonamides is 1. The molecule has 2 rings (SSSR count). The molecule has 7 nitrogen and oxygen atoms in total. The minimum Gasteiger partial charge on any atom is -0.369 e. The molecule has 136 valence electrons. The Hall–Kier alpha value is -2.19. The molecular weight excluding hydrogens is 338 g/mol. The Labute approximate surface area is 149 Å². The van der Waals surface area contributed by atoms with Crippen LogP contribution in [0.15, 0.2) is 29.2 Å². The van der Waals surface area contributed by atoms with Gasteiger partial charge in [-0.2, -0.15) is 4.98 Å². The molecule has 8 heteroatoms. The zero-order chi connectivity index (χ0) is 18.4. The Kier molecular flexibility index (Phi) is 6.33. The van der Waals surface area contributed by atoms with Crippen molar-refractivity contribution in [1.29, 1.82) is 0 Å². The van der Waals surface area contributed by atoms with Crippen LogP contribution in [0.5, 0.6) is 0 Å². The molecule has 0 amide bonds. The van der Waals surface area contributed by atoms with E-state index < -0.39 is 10.0 Å². The van der Waals surface area contributed by atoms with Gasteiger partial charge in [-0.25, -0.2) is 18.1 Å². The third-order valence-corrected chi connectivity index (χ3v) is 5.16. The summed E-state index contributed by atoms with van der Waals surface area (Å²) in [6, 6.07) is 6.93. The molecule has 1 aromatic heterocycles. The van der Waals surface area contributed by atoms with E-state index in [1.54, 1.807) is 12.1 Å². The highest BCUT2D eigenvalue weighted by atomic mass is 32.2. The van der Waals surface area contributed by atoms with Crippen molar-refractivity contribution in [2.24, 2.45) is 0 Å². The molecule has 3 N–H and O–H groups in total. The van der Waals surface area contributed by atoms with E-state index >= 15 is 0 Å². The van der Waals surface area contributed by atoms with Crippen LogP contribution in [0.25, 0.3) is 0 Å². The van der Waals surface area contributed by atoms with Gasteiger partial charge in [0.15, 0.2) is 0 Å². The standard InChI is InChI=1S/C17H25N5O2S/c1-5-18-17-21-14(4)11-16(22-17)19-8-9-20-25(23,24)15-7-6-12(2)13(3)10-15/h6-7,10-11,20H,5,8-9H2,1-4H3,(H2,18,19,21,22). The van der Waals surface area contributed by atoms with Crippen molar-refractivity contribution < 1.29 is 8.42 Å². The van der Waals surface area contributed by atoms with Crippen LogP contribution in [0.4, 0.5) is 11.8 Å². The van der Waals surface area contributed by atoms with Crippen molar-refractivity contribution in [1.82, 2.24) is 14.7 Å². The van der Waals surface area contributed by atoms with Crippen LogP contribution in [0.1, 0.15) is 23.7 Å². The maximum absolute atomic E-state index is 12.3. The number of nitrogens with zero attached hydrogens (tertiary/aromatic N) is 2. The highest BCUT2D eigenvalue weighted by molar-refractivity contribution is 7.89. The first-order chi connectivity index (χ1) is 11.8. The van der Waals surface area contributed by atoms with Gasteiger partial charge in [0.25, 0.3) is 0 Å². The molecule has 0 spiro atoms. The van der Waals surface area contributed by atoms with Gasteiger partial charge in [0.05, 0.1) is 4.90 Å². The fourth-order valence-corrected chi connectivity index (χ4v) is 3.35. The quantitative estimate of drug-likeness (QED) is 0.623. The molecule has 0 unspecified atom stereocenters. The van der Waals surface area contributed by atoms with E-state index in [0.717, 1.165) is 23.4 Å². The summed E-state index contributed by atoms with van der Waals surface area (Å²) in [5, 5.41) is 6.17. The molecule has 2 aromatic rings. The van der Waals surface area contributed by atoms with Gasteiger partial charge < -0.3 is 10.6 Å². The second kappa shape index (κ2) is 8.26. The number of nitrogens with one attached hydrogen (secondary N) is 3. The van der Waals surface area contributed by atoms with E-state index in [2.05, 4.69) is 25.3 Å². The van der Waals surface area contributed by atoms with E-state index in [0.29, 0.717) is 18.3 Å². The van der Waals surface area contributed by atoms with Gasteiger partial charge in [0.2, 0.25) is 16.0 Å². The number of aromatic nitrogens is 2. The average molecular weight is 363 g/mol. The monoisotopic (exact) mass is 363 g/mol. The third kappa shape index (κ3) is 5.40. The third-order valence-electron chi connectivity index (χ3n) is 3.70. The number of anilines is 2. The Morgan fingerprint density at radius 1 is 0.960 bits per heavy atom. The maximum atomic E-state index is 12.3. The van der Waals surface area contributed by atoms with Crippen LogP contribution in [0, 0.1) is 20.8 Å². The molecule has 0 saturated carbocycles. The van der Waals surface area contributed by atoms with Gasteiger partial charge >= 0.3 is 0 Å².